The molecule has 0 amide bonds. The number of allylic oxidation sites excluding steroid dienone is 4. The topological polar surface area (TPSA) is 46.5 Å². The molecule has 0 aliphatic heterocycles. The predicted octanol–water partition coefficient (Wildman–Crippen LogP) is 3.15. The van der Waals surface area contributed by atoms with Crippen LogP contribution in [0.3, 0.4) is 0 Å². The van der Waals surface area contributed by atoms with Crippen molar-refractivity contribution in [2.45, 2.75) is 11.3 Å². The highest BCUT2D eigenvalue weighted by molar-refractivity contribution is 6.52. The smallest absolute Gasteiger partial charge is 0.310 e. The number of hydrogen-bond donors (Lipinski definition) is 1. The number of aliphatic carboxylic acids is 1. The molecule has 1 fully saturated rings. The predicted molar refractivity (Wildman–Crippen MR) is 68.1 cm³/mol. The Labute approximate surface area is 110 Å². The maximum Gasteiger partial charge on any atom is 0.310 e. The van der Waals surface area contributed by atoms with Gasteiger partial charge in [-0.25, -0.2) is 0 Å². The summed E-state index contributed by atoms with van der Waals surface area (Å²) in [6.45, 7) is 5.36. The average molecular weight is 277 g/mol. The molecule has 0 aromatic carbocycles. The largest absolute Gasteiger partial charge is 0.497 e. The van der Waals surface area contributed by atoms with E-state index in [4.69, 9.17) is 33.0 Å². The Bertz CT molecular complexity index is 397. The van der Waals surface area contributed by atoms with E-state index in [1.807, 2.05) is 0 Å². The molecule has 3 nitrogen and oxygen atoms in total. The van der Waals surface area contributed by atoms with E-state index in [0.717, 1.165) is 5.57 Å². The summed E-state index contributed by atoms with van der Waals surface area (Å²) in [4.78, 5) is 10.9. The lowest BCUT2D eigenvalue weighted by Gasteiger charge is -2.00. The second-order valence-electron chi connectivity index (χ2n) is 3.86. The van der Waals surface area contributed by atoms with Gasteiger partial charge in [0.2, 0.25) is 0 Å². The highest BCUT2D eigenvalue weighted by Gasteiger charge is 2.67. The molecule has 0 aromatic heterocycles. The van der Waals surface area contributed by atoms with Gasteiger partial charge in [0.05, 0.1) is 13.0 Å². The third-order valence-electron chi connectivity index (χ3n) is 2.76. The van der Waals surface area contributed by atoms with Crippen LogP contribution in [0.1, 0.15) is 6.92 Å². The Morgan fingerprint density at radius 1 is 1.41 bits per heavy atom. The van der Waals surface area contributed by atoms with E-state index in [0.29, 0.717) is 5.76 Å². The second kappa shape index (κ2) is 5.15. The number of hydrogen-bond acceptors (Lipinski definition) is 2. The van der Waals surface area contributed by atoms with Gasteiger partial charge in [-0.1, -0.05) is 41.4 Å². The summed E-state index contributed by atoms with van der Waals surface area (Å²) in [5, 5.41) is 8.93. The van der Waals surface area contributed by atoms with E-state index < -0.39 is 16.2 Å². The van der Waals surface area contributed by atoms with Gasteiger partial charge in [-0.05, 0) is 19.1 Å². The first-order valence-corrected chi connectivity index (χ1v) is 5.77. The summed E-state index contributed by atoms with van der Waals surface area (Å²) in [6, 6.07) is 0. The first-order chi connectivity index (χ1) is 7.86. The Kier molecular flexibility index (Phi) is 4.28. The van der Waals surface area contributed by atoms with E-state index in [9.17, 15) is 4.79 Å². The molecular weight excluding hydrogens is 263 g/mol. The molecule has 5 heteroatoms. The molecule has 1 N–H and O–H groups in total. The molecule has 0 spiro atoms. The first-order valence-electron chi connectivity index (χ1n) is 5.01. The van der Waals surface area contributed by atoms with Crippen LogP contribution < -0.4 is 0 Å². The Balaban J connectivity index is 2.83. The number of rotatable bonds is 5. The summed E-state index contributed by atoms with van der Waals surface area (Å²) in [5.41, 5.74) is 0.804. The zero-order chi connectivity index (χ0) is 13.2. The number of halogens is 2. The lowest BCUT2D eigenvalue weighted by atomic mass is 10.1. The Morgan fingerprint density at radius 2 is 2.00 bits per heavy atom. The van der Waals surface area contributed by atoms with Crippen LogP contribution in [0.4, 0.5) is 0 Å². The van der Waals surface area contributed by atoms with E-state index in [-0.39, 0.29) is 5.92 Å². The van der Waals surface area contributed by atoms with Crippen LogP contribution in [-0.2, 0) is 9.53 Å². The van der Waals surface area contributed by atoms with E-state index >= 15 is 0 Å². The van der Waals surface area contributed by atoms with Crippen molar-refractivity contribution in [1.82, 2.24) is 0 Å². The van der Waals surface area contributed by atoms with Gasteiger partial charge in [0.15, 0.2) is 0 Å². The van der Waals surface area contributed by atoms with Gasteiger partial charge in [0.25, 0.3) is 0 Å². The van der Waals surface area contributed by atoms with Crippen molar-refractivity contribution >= 4 is 29.2 Å². The number of ether oxygens (including phenoxy) is 1. The van der Waals surface area contributed by atoms with Gasteiger partial charge < -0.3 is 9.84 Å². The number of carboxylic acids is 1. The quantitative estimate of drug-likeness (QED) is 0.477. The number of carbonyl (C=O) groups is 1. The van der Waals surface area contributed by atoms with Crippen molar-refractivity contribution in [2.75, 3.05) is 7.11 Å². The summed E-state index contributed by atoms with van der Waals surface area (Å²) < 4.78 is 3.79. The van der Waals surface area contributed by atoms with Gasteiger partial charge in [-0.15, -0.1) is 0 Å². The number of alkyl halides is 2. The molecule has 1 rings (SSSR count). The van der Waals surface area contributed by atoms with Crippen molar-refractivity contribution in [3.63, 3.8) is 0 Å². The summed E-state index contributed by atoms with van der Waals surface area (Å²) in [5.74, 6) is -1.49. The fourth-order valence-corrected chi connectivity index (χ4v) is 2.65. The van der Waals surface area contributed by atoms with Crippen LogP contribution in [0.5, 0.6) is 0 Å². The third-order valence-corrected chi connectivity index (χ3v) is 3.70. The third kappa shape index (κ3) is 2.85. The van der Waals surface area contributed by atoms with Crippen LogP contribution in [-0.4, -0.2) is 22.5 Å². The van der Waals surface area contributed by atoms with Crippen molar-refractivity contribution in [3.05, 3.63) is 36.1 Å². The molecule has 2 unspecified atom stereocenters. The van der Waals surface area contributed by atoms with Crippen LogP contribution in [0, 0.1) is 11.8 Å². The fraction of sp³-hybridized carbons (Fsp3) is 0.417. The fourth-order valence-electron chi connectivity index (χ4n) is 1.74. The molecule has 1 saturated carbocycles. The van der Waals surface area contributed by atoms with Gasteiger partial charge in [0, 0.05) is 5.92 Å². The summed E-state index contributed by atoms with van der Waals surface area (Å²) in [6.07, 6.45) is 5.00. The normalized spacial score (nSPS) is 27.5. The maximum absolute atomic E-state index is 10.9. The molecule has 0 saturated heterocycles. The molecular formula is C12H14Cl2O3. The molecule has 0 radical (unpaired) electrons. The standard InChI is InChI=1S/C12H14Cl2O3/c1-4-8(17-3)6-5-7(2)9-10(11(15)16)12(9,13)14/h4-6,9-10H,1H2,2-3H3,(H,15,16)/b7-5+,8-6+. The lowest BCUT2D eigenvalue weighted by molar-refractivity contribution is -0.138. The molecule has 1 aliphatic rings. The molecule has 0 bridgehead atoms. The average Bonchev–Trinajstić information content (AvgIpc) is 2.83. The highest BCUT2D eigenvalue weighted by Crippen LogP contribution is 2.62. The summed E-state index contributed by atoms with van der Waals surface area (Å²) >= 11 is 11.8. The maximum atomic E-state index is 10.9. The van der Waals surface area contributed by atoms with Gasteiger partial charge in [-0.3, -0.25) is 4.79 Å². The minimum atomic E-state index is -1.21. The van der Waals surface area contributed by atoms with Crippen molar-refractivity contribution in [1.29, 1.82) is 0 Å². The van der Waals surface area contributed by atoms with Gasteiger partial charge in [-0.2, -0.15) is 0 Å². The Morgan fingerprint density at radius 3 is 2.35 bits per heavy atom. The molecule has 1 aliphatic carbocycles. The SMILES string of the molecule is C=C/C(=C\C=C(/C)C1C(C(=O)O)C1(Cl)Cl)OC. The molecule has 17 heavy (non-hydrogen) atoms. The molecule has 0 heterocycles. The van der Waals surface area contributed by atoms with Crippen molar-refractivity contribution < 1.29 is 14.6 Å². The molecule has 0 aromatic rings. The number of carboxylic acid groups (broad SMARTS) is 1. The number of methoxy groups -OCH3 is 1. The monoisotopic (exact) mass is 276 g/mol. The molecule has 2 atom stereocenters. The minimum Gasteiger partial charge on any atom is -0.497 e. The van der Waals surface area contributed by atoms with Crippen LogP contribution in [0.15, 0.2) is 36.1 Å². The lowest BCUT2D eigenvalue weighted by Crippen LogP contribution is -2.03. The Hall–Kier alpha value is -0.930. The van der Waals surface area contributed by atoms with E-state index in [1.54, 1.807) is 25.2 Å². The van der Waals surface area contributed by atoms with E-state index in [1.165, 1.54) is 7.11 Å². The molecule has 94 valence electrons. The summed E-state index contributed by atoms with van der Waals surface area (Å²) in [7, 11) is 1.53. The minimum absolute atomic E-state index is 0.359. The van der Waals surface area contributed by atoms with E-state index in [2.05, 4.69) is 6.58 Å². The van der Waals surface area contributed by atoms with Crippen LogP contribution >= 0.6 is 23.2 Å². The van der Waals surface area contributed by atoms with Crippen molar-refractivity contribution in [3.8, 4) is 0 Å². The van der Waals surface area contributed by atoms with Crippen LogP contribution in [0.25, 0.3) is 0 Å². The second-order valence-corrected chi connectivity index (χ2v) is 5.30. The zero-order valence-corrected chi connectivity index (χ0v) is 11.1. The van der Waals surface area contributed by atoms with Gasteiger partial charge in [0.1, 0.15) is 10.1 Å². The zero-order valence-electron chi connectivity index (χ0n) is 9.61. The van der Waals surface area contributed by atoms with Gasteiger partial charge >= 0.3 is 5.97 Å². The first kappa shape index (κ1) is 14.1. The van der Waals surface area contributed by atoms with Crippen molar-refractivity contribution in [2.24, 2.45) is 11.8 Å². The van der Waals surface area contributed by atoms with Crippen LogP contribution in [0.2, 0.25) is 0 Å². The highest BCUT2D eigenvalue weighted by atomic mass is 35.5.